The Morgan fingerprint density at radius 2 is 2.06 bits per heavy atom. The molecule has 90 valence electrons. The monoisotopic (exact) mass is 256 g/mol. The quantitative estimate of drug-likeness (QED) is 0.811. The SMILES string of the molecule is COc1cc(S(N)(=O)=O)c(C(F)F)c(F)n1. The van der Waals surface area contributed by atoms with Gasteiger partial charge in [0.25, 0.3) is 6.43 Å². The molecular weight excluding hydrogens is 249 g/mol. The Balaban J connectivity index is 3.60. The molecule has 1 aromatic rings. The van der Waals surface area contributed by atoms with Crippen LogP contribution in [0.5, 0.6) is 5.88 Å². The lowest BCUT2D eigenvalue weighted by atomic mass is 10.3. The zero-order valence-electron chi connectivity index (χ0n) is 7.95. The van der Waals surface area contributed by atoms with Gasteiger partial charge in [-0.15, -0.1) is 0 Å². The molecule has 1 rings (SSSR count). The van der Waals surface area contributed by atoms with Gasteiger partial charge in [-0.25, -0.2) is 22.3 Å². The van der Waals surface area contributed by atoms with Gasteiger partial charge in [0, 0.05) is 6.07 Å². The molecule has 1 heterocycles. The highest BCUT2D eigenvalue weighted by Crippen LogP contribution is 2.29. The first-order valence-electron chi connectivity index (χ1n) is 3.82. The molecule has 0 amide bonds. The summed E-state index contributed by atoms with van der Waals surface area (Å²) < 4.78 is 64.3. The van der Waals surface area contributed by atoms with Crippen molar-refractivity contribution in [3.05, 3.63) is 17.6 Å². The van der Waals surface area contributed by atoms with E-state index in [1.54, 1.807) is 0 Å². The van der Waals surface area contributed by atoms with E-state index < -0.39 is 38.7 Å². The molecule has 0 aliphatic heterocycles. The number of primary sulfonamides is 1. The number of pyridine rings is 1. The molecule has 9 heteroatoms. The third-order valence-corrected chi connectivity index (χ3v) is 2.64. The molecule has 0 aliphatic rings. The smallest absolute Gasteiger partial charge is 0.269 e. The second-order valence-electron chi connectivity index (χ2n) is 2.71. The summed E-state index contributed by atoms with van der Waals surface area (Å²) in [7, 11) is -3.39. The first kappa shape index (κ1) is 12.7. The summed E-state index contributed by atoms with van der Waals surface area (Å²) in [4.78, 5) is 1.96. The number of nitrogens with two attached hydrogens (primary N) is 1. The normalized spacial score (nSPS) is 11.9. The van der Waals surface area contributed by atoms with Crippen molar-refractivity contribution in [2.45, 2.75) is 11.3 Å². The highest BCUT2D eigenvalue weighted by molar-refractivity contribution is 7.89. The Kier molecular flexibility index (Phi) is 3.38. The van der Waals surface area contributed by atoms with Gasteiger partial charge in [-0.3, -0.25) is 0 Å². The van der Waals surface area contributed by atoms with Crippen molar-refractivity contribution in [1.82, 2.24) is 4.98 Å². The van der Waals surface area contributed by atoms with Crippen molar-refractivity contribution in [2.24, 2.45) is 5.14 Å². The lowest BCUT2D eigenvalue weighted by molar-refractivity contribution is 0.140. The van der Waals surface area contributed by atoms with E-state index in [2.05, 4.69) is 14.9 Å². The van der Waals surface area contributed by atoms with E-state index in [9.17, 15) is 21.6 Å². The zero-order valence-corrected chi connectivity index (χ0v) is 8.76. The molecule has 2 N–H and O–H groups in total. The zero-order chi connectivity index (χ0) is 12.5. The minimum atomic E-state index is -4.47. The minimum Gasteiger partial charge on any atom is -0.481 e. The van der Waals surface area contributed by atoms with E-state index in [1.807, 2.05) is 0 Å². The fourth-order valence-electron chi connectivity index (χ4n) is 1.02. The fourth-order valence-corrected chi connectivity index (χ4v) is 1.76. The van der Waals surface area contributed by atoms with Gasteiger partial charge in [0.2, 0.25) is 21.9 Å². The van der Waals surface area contributed by atoms with Crippen LogP contribution in [0.15, 0.2) is 11.0 Å². The number of hydrogen-bond donors (Lipinski definition) is 1. The van der Waals surface area contributed by atoms with Gasteiger partial charge in [-0.2, -0.15) is 9.37 Å². The van der Waals surface area contributed by atoms with Crippen LogP contribution < -0.4 is 9.88 Å². The second kappa shape index (κ2) is 4.26. The van der Waals surface area contributed by atoms with E-state index in [0.29, 0.717) is 6.07 Å². The molecule has 0 unspecified atom stereocenters. The fraction of sp³-hybridized carbons (Fsp3) is 0.286. The standard InChI is InChI=1S/C7H7F3N2O3S/c1-15-4-2-3(16(11,13)14)5(6(8)9)7(10)12-4/h2,6H,1H3,(H2,11,13,14). The number of nitrogens with zero attached hydrogens (tertiary/aromatic N) is 1. The largest absolute Gasteiger partial charge is 0.481 e. The Hall–Kier alpha value is -1.35. The van der Waals surface area contributed by atoms with Gasteiger partial charge < -0.3 is 4.74 Å². The van der Waals surface area contributed by atoms with Crippen LogP contribution in [0.2, 0.25) is 0 Å². The molecule has 0 aliphatic carbocycles. The van der Waals surface area contributed by atoms with Crippen molar-refractivity contribution < 1.29 is 26.3 Å². The summed E-state index contributed by atoms with van der Waals surface area (Å²) in [6.07, 6.45) is -3.34. The summed E-state index contributed by atoms with van der Waals surface area (Å²) in [5.74, 6) is -2.08. The molecule has 0 saturated carbocycles. The van der Waals surface area contributed by atoms with Crippen LogP contribution in [-0.2, 0) is 10.0 Å². The molecule has 0 saturated heterocycles. The Labute approximate surface area is 89.1 Å². The highest BCUT2D eigenvalue weighted by atomic mass is 32.2. The topological polar surface area (TPSA) is 82.3 Å². The Morgan fingerprint density at radius 1 is 1.50 bits per heavy atom. The van der Waals surface area contributed by atoms with Gasteiger partial charge in [-0.05, 0) is 0 Å². The van der Waals surface area contributed by atoms with Crippen molar-refractivity contribution >= 4 is 10.0 Å². The number of halogens is 3. The summed E-state index contributed by atoms with van der Waals surface area (Å²) in [5.41, 5.74) is -1.36. The minimum absolute atomic E-state index is 0.453. The molecular formula is C7H7F3N2O3S. The molecule has 0 spiro atoms. The molecule has 16 heavy (non-hydrogen) atoms. The van der Waals surface area contributed by atoms with E-state index >= 15 is 0 Å². The maximum absolute atomic E-state index is 13.1. The molecule has 1 aromatic heterocycles. The number of alkyl halides is 2. The van der Waals surface area contributed by atoms with E-state index in [1.165, 1.54) is 0 Å². The van der Waals surface area contributed by atoms with Crippen LogP contribution in [0.25, 0.3) is 0 Å². The number of sulfonamides is 1. The van der Waals surface area contributed by atoms with Crippen molar-refractivity contribution in [1.29, 1.82) is 0 Å². The predicted octanol–water partition coefficient (Wildman–Crippen LogP) is 0.814. The summed E-state index contributed by atoms with van der Waals surface area (Å²) in [6, 6.07) is 0.639. The highest BCUT2D eigenvalue weighted by Gasteiger charge is 2.27. The molecule has 5 nitrogen and oxygen atoms in total. The average molecular weight is 256 g/mol. The van der Waals surface area contributed by atoms with Crippen LogP contribution in [0, 0.1) is 5.95 Å². The molecule has 0 aromatic carbocycles. The van der Waals surface area contributed by atoms with Gasteiger partial charge in [0.1, 0.15) is 4.90 Å². The summed E-state index contributed by atoms with van der Waals surface area (Å²) >= 11 is 0. The third kappa shape index (κ3) is 2.42. The predicted molar refractivity (Wildman–Crippen MR) is 47.1 cm³/mol. The number of ether oxygens (including phenoxy) is 1. The Bertz CT molecular complexity index is 504. The van der Waals surface area contributed by atoms with Crippen LogP contribution in [0.4, 0.5) is 13.2 Å². The molecule has 0 radical (unpaired) electrons. The molecule has 0 atom stereocenters. The number of hydrogen-bond acceptors (Lipinski definition) is 4. The number of methoxy groups -OCH3 is 1. The summed E-state index contributed by atoms with van der Waals surface area (Å²) in [6.45, 7) is 0. The van der Waals surface area contributed by atoms with Crippen LogP contribution in [0.1, 0.15) is 12.0 Å². The lowest BCUT2D eigenvalue weighted by Crippen LogP contribution is -2.17. The van der Waals surface area contributed by atoms with Crippen LogP contribution in [0.3, 0.4) is 0 Å². The van der Waals surface area contributed by atoms with Gasteiger partial charge in [0.05, 0.1) is 12.7 Å². The second-order valence-corrected chi connectivity index (χ2v) is 4.24. The maximum atomic E-state index is 13.1. The first-order valence-corrected chi connectivity index (χ1v) is 5.37. The lowest BCUT2D eigenvalue weighted by Gasteiger charge is -2.09. The van der Waals surface area contributed by atoms with Gasteiger partial charge >= 0.3 is 0 Å². The number of rotatable bonds is 3. The average Bonchev–Trinajstić information content (AvgIpc) is 2.14. The van der Waals surface area contributed by atoms with Crippen molar-refractivity contribution in [3.63, 3.8) is 0 Å². The first-order chi connectivity index (χ1) is 7.27. The van der Waals surface area contributed by atoms with Gasteiger partial charge in [0.15, 0.2) is 0 Å². The molecule has 0 fully saturated rings. The molecule has 0 bridgehead atoms. The Morgan fingerprint density at radius 3 is 2.44 bits per heavy atom. The number of aromatic nitrogens is 1. The van der Waals surface area contributed by atoms with E-state index in [4.69, 9.17) is 0 Å². The van der Waals surface area contributed by atoms with E-state index in [-0.39, 0.29) is 0 Å². The summed E-state index contributed by atoms with van der Waals surface area (Å²) in [5, 5.41) is 4.68. The van der Waals surface area contributed by atoms with Crippen molar-refractivity contribution in [2.75, 3.05) is 7.11 Å². The van der Waals surface area contributed by atoms with Crippen molar-refractivity contribution in [3.8, 4) is 5.88 Å². The van der Waals surface area contributed by atoms with Crippen LogP contribution in [-0.4, -0.2) is 20.5 Å². The third-order valence-electron chi connectivity index (χ3n) is 1.68. The van der Waals surface area contributed by atoms with Crippen LogP contribution >= 0.6 is 0 Å². The van der Waals surface area contributed by atoms with E-state index in [0.717, 1.165) is 7.11 Å². The van der Waals surface area contributed by atoms with Gasteiger partial charge in [-0.1, -0.05) is 0 Å². The maximum Gasteiger partial charge on any atom is 0.269 e.